The highest BCUT2D eigenvalue weighted by molar-refractivity contribution is 6.30. The van der Waals surface area contributed by atoms with E-state index in [-0.39, 0.29) is 5.92 Å². The number of Topliss-reactive ketones (excluding diaryl/α,β-unsaturated/α-hetero) is 1. The molecule has 0 bridgehead atoms. The van der Waals surface area contributed by atoms with Crippen molar-refractivity contribution < 1.29 is 9.53 Å². The largest absolute Gasteiger partial charge is 0.496 e. The Bertz CT molecular complexity index is 442. The van der Waals surface area contributed by atoms with Gasteiger partial charge >= 0.3 is 0 Å². The lowest BCUT2D eigenvalue weighted by Gasteiger charge is -2.26. The van der Waals surface area contributed by atoms with E-state index < -0.39 is 0 Å². The van der Waals surface area contributed by atoms with Crippen molar-refractivity contribution in [2.75, 3.05) is 7.11 Å². The molecule has 18 heavy (non-hydrogen) atoms. The quantitative estimate of drug-likeness (QED) is 0.829. The average Bonchev–Trinajstić information content (AvgIpc) is 2.34. The Labute approximate surface area is 113 Å². The zero-order valence-corrected chi connectivity index (χ0v) is 11.7. The van der Waals surface area contributed by atoms with Crippen LogP contribution in [0.25, 0.3) is 0 Å². The topological polar surface area (TPSA) is 26.3 Å². The maximum absolute atomic E-state index is 12.0. The molecule has 0 amide bonds. The Balaban J connectivity index is 2.17. The Hall–Kier alpha value is -1.02. The maximum Gasteiger partial charge on any atom is 0.136 e. The standard InChI is InChI=1S/C15H19ClO2/c1-10-3-5-14(17)11(7-10)8-12-9-13(16)4-6-15(12)18-2/h4,6,9-11H,3,5,7-8H2,1-2H3. The molecule has 98 valence electrons. The molecule has 0 radical (unpaired) electrons. The fraction of sp³-hybridized carbons (Fsp3) is 0.533. The molecule has 0 heterocycles. The zero-order valence-electron chi connectivity index (χ0n) is 10.9. The number of benzene rings is 1. The molecule has 0 N–H and O–H groups in total. The number of methoxy groups -OCH3 is 1. The first kappa shape index (κ1) is 13.4. The van der Waals surface area contributed by atoms with Crippen molar-refractivity contribution >= 4 is 17.4 Å². The van der Waals surface area contributed by atoms with Crippen LogP contribution in [-0.2, 0) is 11.2 Å². The first-order valence-corrected chi connectivity index (χ1v) is 6.83. The van der Waals surface area contributed by atoms with Gasteiger partial charge in [0.05, 0.1) is 7.11 Å². The molecule has 2 atom stereocenters. The third-order valence-electron chi connectivity index (χ3n) is 3.73. The summed E-state index contributed by atoms with van der Waals surface area (Å²) in [6.07, 6.45) is 3.47. The van der Waals surface area contributed by atoms with E-state index in [1.165, 1.54) is 0 Å². The average molecular weight is 267 g/mol. The highest BCUT2D eigenvalue weighted by Crippen LogP contribution is 2.32. The van der Waals surface area contributed by atoms with Crippen molar-refractivity contribution in [1.82, 2.24) is 0 Å². The fourth-order valence-electron chi connectivity index (χ4n) is 2.70. The van der Waals surface area contributed by atoms with Crippen LogP contribution < -0.4 is 4.74 Å². The summed E-state index contributed by atoms with van der Waals surface area (Å²) in [5, 5.41) is 0.696. The molecule has 1 saturated carbocycles. The van der Waals surface area contributed by atoms with Gasteiger partial charge in [0.25, 0.3) is 0 Å². The van der Waals surface area contributed by atoms with Gasteiger partial charge < -0.3 is 4.74 Å². The Morgan fingerprint density at radius 1 is 1.44 bits per heavy atom. The third kappa shape index (κ3) is 3.05. The predicted octanol–water partition coefficient (Wildman–Crippen LogP) is 3.90. The lowest BCUT2D eigenvalue weighted by Crippen LogP contribution is -2.25. The van der Waals surface area contributed by atoms with Gasteiger partial charge in [-0.25, -0.2) is 0 Å². The predicted molar refractivity (Wildman–Crippen MR) is 73.2 cm³/mol. The van der Waals surface area contributed by atoms with Gasteiger partial charge in [0.2, 0.25) is 0 Å². The smallest absolute Gasteiger partial charge is 0.136 e. The SMILES string of the molecule is COc1ccc(Cl)cc1CC1CC(C)CCC1=O. The lowest BCUT2D eigenvalue weighted by atomic mass is 9.78. The molecule has 0 spiro atoms. The summed E-state index contributed by atoms with van der Waals surface area (Å²) in [6.45, 7) is 2.22. The summed E-state index contributed by atoms with van der Waals surface area (Å²) in [6, 6.07) is 5.59. The monoisotopic (exact) mass is 266 g/mol. The van der Waals surface area contributed by atoms with Crippen LogP contribution in [0.2, 0.25) is 5.02 Å². The molecule has 1 aromatic rings. The second kappa shape index (κ2) is 5.75. The molecule has 1 aliphatic rings. The van der Waals surface area contributed by atoms with Crippen molar-refractivity contribution in [1.29, 1.82) is 0 Å². The molecule has 0 aromatic heterocycles. The summed E-state index contributed by atoms with van der Waals surface area (Å²) in [7, 11) is 1.65. The normalized spacial score (nSPS) is 24.1. The van der Waals surface area contributed by atoms with Crippen LogP contribution in [0.4, 0.5) is 0 Å². The van der Waals surface area contributed by atoms with Crippen molar-refractivity contribution in [3.05, 3.63) is 28.8 Å². The van der Waals surface area contributed by atoms with Crippen LogP contribution in [0.1, 0.15) is 31.7 Å². The molecule has 3 heteroatoms. The van der Waals surface area contributed by atoms with Crippen LogP contribution in [-0.4, -0.2) is 12.9 Å². The van der Waals surface area contributed by atoms with Crippen LogP contribution in [0.15, 0.2) is 18.2 Å². The Kier molecular flexibility index (Phi) is 4.28. The highest BCUT2D eigenvalue weighted by Gasteiger charge is 2.27. The molecule has 1 aliphatic carbocycles. The Morgan fingerprint density at radius 3 is 2.94 bits per heavy atom. The highest BCUT2D eigenvalue weighted by atomic mass is 35.5. The molecular formula is C15H19ClO2. The maximum atomic E-state index is 12.0. The minimum Gasteiger partial charge on any atom is -0.496 e. The van der Waals surface area contributed by atoms with Crippen LogP contribution in [0.3, 0.4) is 0 Å². The number of ketones is 1. The molecule has 0 saturated heterocycles. The van der Waals surface area contributed by atoms with Gasteiger partial charge in [-0.2, -0.15) is 0 Å². The van der Waals surface area contributed by atoms with Crippen molar-refractivity contribution in [3.8, 4) is 5.75 Å². The van der Waals surface area contributed by atoms with E-state index in [0.29, 0.717) is 23.1 Å². The molecule has 0 aliphatic heterocycles. The molecular weight excluding hydrogens is 248 g/mol. The van der Waals surface area contributed by atoms with Gasteiger partial charge in [0.15, 0.2) is 0 Å². The first-order valence-electron chi connectivity index (χ1n) is 6.45. The van der Waals surface area contributed by atoms with E-state index >= 15 is 0 Å². The van der Waals surface area contributed by atoms with Gasteiger partial charge in [0, 0.05) is 17.4 Å². The summed E-state index contributed by atoms with van der Waals surface area (Å²) in [4.78, 5) is 12.0. The minimum absolute atomic E-state index is 0.126. The van der Waals surface area contributed by atoms with Gasteiger partial charge in [-0.05, 0) is 48.9 Å². The van der Waals surface area contributed by atoms with E-state index in [9.17, 15) is 4.79 Å². The van der Waals surface area contributed by atoms with Crippen LogP contribution in [0.5, 0.6) is 5.75 Å². The Morgan fingerprint density at radius 2 is 2.22 bits per heavy atom. The minimum atomic E-state index is 0.126. The van der Waals surface area contributed by atoms with Gasteiger partial charge in [-0.15, -0.1) is 0 Å². The lowest BCUT2D eigenvalue weighted by molar-refractivity contribution is -0.125. The second-order valence-electron chi connectivity index (χ2n) is 5.20. The first-order chi connectivity index (χ1) is 8.60. The number of hydrogen-bond donors (Lipinski definition) is 0. The van der Waals surface area contributed by atoms with Gasteiger partial charge in [0.1, 0.15) is 11.5 Å². The van der Waals surface area contributed by atoms with Crippen molar-refractivity contribution in [3.63, 3.8) is 0 Å². The molecule has 2 rings (SSSR count). The van der Waals surface area contributed by atoms with Crippen LogP contribution >= 0.6 is 11.6 Å². The van der Waals surface area contributed by atoms with Crippen molar-refractivity contribution in [2.24, 2.45) is 11.8 Å². The van der Waals surface area contributed by atoms with E-state index in [4.69, 9.17) is 16.3 Å². The number of carbonyl (C=O) groups excluding carboxylic acids is 1. The number of hydrogen-bond acceptors (Lipinski definition) is 2. The number of ether oxygens (including phenoxy) is 1. The van der Waals surface area contributed by atoms with Gasteiger partial charge in [-0.3, -0.25) is 4.79 Å². The zero-order chi connectivity index (χ0) is 13.1. The van der Waals surface area contributed by atoms with E-state index in [1.807, 2.05) is 18.2 Å². The van der Waals surface area contributed by atoms with E-state index in [0.717, 1.165) is 30.6 Å². The number of halogens is 1. The molecule has 2 unspecified atom stereocenters. The summed E-state index contributed by atoms with van der Waals surface area (Å²) in [5.74, 6) is 1.97. The van der Waals surface area contributed by atoms with Crippen molar-refractivity contribution in [2.45, 2.75) is 32.6 Å². The molecule has 1 aromatic carbocycles. The fourth-order valence-corrected chi connectivity index (χ4v) is 2.89. The summed E-state index contributed by atoms with van der Waals surface area (Å²) < 4.78 is 5.33. The van der Waals surface area contributed by atoms with E-state index in [1.54, 1.807) is 7.11 Å². The third-order valence-corrected chi connectivity index (χ3v) is 3.97. The number of carbonyl (C=O) groups is 1. The van der Waals surface area contributed by atoms with Gasteiger partial charge in [-0.1, -0.05) is 18.5 Å². The van der Waals surface area contributed by atoms with Crippen LogP contribution in [0, 0.1) is 11.8 Å². The molecule has 2 nitrogen and oxygen atoms in total. The summed E-state index contributed by atoms with van der Waals surface area (Å²) >= 11 is 6.02. The molecule has 1 fully saturated rings. The second-order valence-corrected chi connectivity index (χ2v) is 5.64. The summed E-state index contributed by atoms with van der Waals surface area (Å²) in [5.41, 5.74) is 1.04. The number of rotatable bonds is 3. The van der Waals surface area contributed by atoms with E-state index in [2.05, 4.69) is 6.92 Å².